The van der Waals surface area contributed by atoms with E-state index in [0.717, 1.165) is 32.1 Å². The van der Waals surface area contributed by atoms with Gasteiger partial charge in [0.2, 0.25) is 9.05 Å². The second-order valence-corrected chi connectivity index (χ2v) is 8.59. The summed E-state index contributed by atoms with van der Waals surface area (Å²) in [7, 11) is 1.92. The summed E-state index contributed by atoms with van der Waals surface area (Å²) in [6, 6.07) is 8.36. The highest BCUT2D eigenvalue weighted by atomic mass is 35.7. The first-order chi connectivity index (χ1) is 9.99. The van der Waals surface area contributed by atoms with E-state index in [1.807, 2.05) is 13.0 Å². The first kappa shape index (κ1) is 16.8. The fourth-order valence-corrected chi connectivity index (χ4v) is 4.40. The van der Waals surface area contributed by atoms with Crippen molar-refractivity contribution in [2.75, 3.05) is 12.4 Å². The lowest BCUT2D eigenvalue weighted by atomic mass is 9.89. The molecular weight excluding hydrogens is 308 g/mol. The van der Waals surface area contributed by atoms with Gasteiger partial charge < -0.3 is 4.74 Å². The van der Waals surface area contributed by atoms with E-state index in [1.165, 1.54) is 11.1 Å². The highest BCUT2D eigenvalue weighted by Gasteiger charge is 2.23. The molecule has 0 saturated heterocycles. The van der Waals surface area contributed by atoms with Gasteiger partial charge in [-0.2, -0.15) is 0 Å². The van der Waals surface area contributed by atoms with E-state index in [1.54, 1.807) is 0 Å². The Hall–Kier alpha value is -0.580. The molecule has 0 N–H and O–H groups in total. The van der Waals surface area contributed by atoms with Crippen LogP contribution in [0.5, 0.6) is 0 Å². The summed E-state index contributed by atoms with van der Waals surface area (Å²) in [6.07, 6.45) is 5.07. The van der Waals surface area contributed by atoms with E-state index >= 15 is 0 Å². The largest absolute Gasteiger partial charge is 0.373 e. The third-order valence-corrected chi connectivity index (χ3v) is 5.23. The normalized spacial score (nSPS) is 20.0. The van der Waals surface area contributed by atoms with Crippen molar-refractivity contribution in [1.82, 2.24) is 0 Å². The van der Waals surface area contributed by atoms with Crippen molar-refractivity contribution < 1.29 is 13.2 Å². The van der Waals surface area contributed by atoms with Gasteiger partial charge in [0.15, 0.2) is 0 Å². The van der Waals surface area contributed by atoms with Crippen LogP contribution in [0.25, 0.3) is 0 Å². The zero-order valence-corrected chi connectivity index (χ0v) is 14.0. The van der Waals surface area contributed by atoms with E-state index in [0.29, 0.717) is 6.61 Å². The third kappa shape index (κ3) is 5.28. The smallest absolute Gasteiger partial charge is 0.232 e. The number of hydrogen-bond acceptors (Lipinski definition) is 3. The minimum atomic E-state index is -3.47. The summed E-state index contributed by atoms with van der Waals surface area (Å²) >= 11 is 0. The van der Waals surface area contributed by atoms with Crippen LogP contribution in [0.3, 0.4) is 0 Å². The van der Waals surface area contributed by atoms with Crippen molar-refractivity contribution >= 4 is 19.7 Å². The monoisotopic (exact) mass is 330 g/mol. The summed E-state index contributed by atoms with van der Waals surface area (Å²) in [6.45, 7) is 2.50. The highest BCUT2D eigenvalue weighted by molar-refractivity contribution is 8.13. The molecule has 3 nitrogen and oxygen atoms in total. The average molecular weight is 331 g/mol. The van der Waals surface area contributed by atoms with Gasteiger partial charge >= 0.3 is 0 Å². The Kier molecular flexibility index (Phi) is 6.08. The van der Waals surface area contributed by atoms with Crippen molar-refractivity contribution in [3.8, 4) is 0 Å². The maximum Gasteiger partial charge on any atom is 0.232 e. The van der Waals surface area contributed by atoms with Crippen LogP contribution >= 0.6 is 10.7 Å². The highest BCUT2D eigenvalue weighted by Crippen LogP contribution is 2.33. The van der Waals surface area contributed by atoms with Crippen LogP contribution in [0, 0.1) is 5.92 Å². The SMILES string of the molecule is CCCC(COC1CCCc2ccccc21)CS(=O)(=O)Cl. The molecule has 118 valence electrons. The van der Waals surface area contributed by atoms with E-state index in [2.05, 4.69) is 18.2 Å². The number of rotatable bonds is 7. The molecule has 0 spiro atoms. The van der Waals surface area contributed by atoms with Gasteiger partial charge in [0.25, 0.3) is 0 Å². The topological polar surface area (TPSA) is 43.4 Å². The molecule has 2 unspecified atom stereocenters. The maximum absolute atomic E-state index is 11.3. The fraction of sp³-hybridized carbons (Fsp3) is 0.625. The molecule has 5 heteroatoms. The second-order valence-electron chi connectivity index (χ2n) is 5.77. The Morgan fingerprint density at radius 1 is 1.38 bits per heavy atom. The molecule has 0 heterocycles. The van der Waals surface area contributed by atoms with Crippen LogP contribution in [0.15, 0.2) is 24.3 Å². The van der Waals surface area contributed by atoms with Crippen molar-refractivity contribution in [3.05, 3.63) is 35.4 Å². The Morgan fingerprint density at radius 2 is 2.14 bits per heavy atom. The molecule has 2 rings (SSSR count). The Bertz CT molecular complexity index is 556. The number of fused-ring (bicyclic) bond motifs is 1. The predicted octanol–water partition coefficient (Wildman–Crippen LogP) is 4.07. The third-order valence-electron chi connectivity index (χ3n) is 3.98. The molecule has 1 aliphatic rings. The lowest BCUT2D eigenvalue weighted by molar-refractivity contribution is 0.0201. The van der Waals surface area contributed by atoms with Gasteiger partial charge in [-0.3, -0.25) is 0 Å². The van der Waals surface area contributed by atoms with Gasteiger partial charge in [-0.15, -0.1) is 0 Å². The minimum absolute atomic E-state index is 0.00321. The molecule has 1 aliphatic carbocycles. The molecule has 0 saturated carbocycles. The van der Waals surface area contributed by atoms with Crippen LogP contribution < -0.4 is 0 Å². The predicted molar refractivity (Wildman–Crippen MR) is 86.1 cm³/mol. The minimum Gasteiger partial charge on any atom is -0.373 e. The number of benzene rings is 1. The molecule has 0 amide bonds. The summed E-state index contributed by atoms with van der Waals surface area (Å²) in [5.74, 6) is -0.0249. The summed E-state index contributed by atoms with van der Waals surface area (Å²) < 4.78 is 28.6. The van der Waals surface area contributed by atoms with Gasteiger partial charge in [0.05, 0.1) is 18.5 Å². The van der Waals surface area contributed by atoms with Crippen LogP contribution in [-0.2, 0) is 20.2 Å². The molecule has 0 fully saturated rings. The molecule has 0 aliphatic heterocycles. The fourth-order valence-electron chi connectivity index (χ4n) is 3.04. The standard InChI is InChI=1S/C16H23ClO3S/c1-2-6-13(12-21(17,18)19)11-20-16-10-5-8-14-7-3-4-9-15(14)16/h3-4,7,9,13,16H,2,5-6,8,10-12H2,1H3. The zero-order valence-electron chi connectivity index (χ0n) is 12.4. The quantitative estimate of drug-likeness (QED) is 0.708. The van der Waals surface area contributed by atoms with Gasteiger partial charge in [0, 0.05) is 10.7 Å². The van der Waals surface area contributed by atoms with Gasteiger partial charge in [-0.1, -0.05) is 37.6 Å². The Labute approximate surface area is 132 Å². The summed E-state index contributed by atoms with van der Waals surface area (Å²) in [4.78, 5) is 0. The Morgan fingerprint density at radius 3 is 2.86 bits per heavy atom. The molecular formula is C16H23ClO3S. The average Bonchev–Trinajstić information content (AvgIpc) is 2.43. The van der Waals surface area contributed by atoms with Crippen molar-refractivity contribution in [2.24, 2.45) is 5.92 Å². The van der Waals surface area contributed by atoms with Crippen molar-refractivity contribution in [2.45, 2.75) is 45.1 Å². The maximum atomic E-state index is 11.3. The van der Waals surface area contributed by atoms with Gasteiger partial charge in [-0.05, 0) is 42.7 Å². The number of hydrogen-bond donors (Lipinski definition) is 0. The summed E-state index contributed by atoms with van der Waals surface area (Å²) in [5, 5.41) is 0. The Balaban J connectivity index is 1.98. The molecule has 2 atom stereocenters. The molecule has 1 aromatic rings. The van der Waals surface area contributed by atoms with Crippen LogP contribution in [0.1, 0.15) is 49.8 Å². The van der Waals surface area contributed by atoms with E-state index in [4.69, 9.17) is 15.4 Å². The lowest BCUT2D eigenvalue weighted by Crippen LogP contribution is -2.21. The van der Waals surface area contributed by atoms with Crippen molar-refractivity contribution in [1.29, 1.82) is 0 Å². The molecule has 21 heavy (non-hydrogen) atoms. The number of ether oxygens (including phenoxy) is 1. The van der Waals surface area contributed by atoms with Crippen LogP contribution in [-0.4, -0.2) is 20.8 Å². The number of halogens is 1. The zero-order chi connectivity index (χ0) is 15.3. The molecule has 0 bridgehead atoms. The van der Waals surface area contributed by atoms with Gasteiger partial charge in [0.1, 0.15) is 0 Å². The van der Waals surface area contributed by atoms with Crippen LogP contribution in [0.4, 0.5) is 0 Å². The first-order valence-corrected chi connectivity index (χ1v) is 10.1. The number of aryl methyl sites for hydroxylation is 1. The second kappa shape index (κ2) is 7.61. The first-order valence-electron chi connectivity index (χ1n) is 7.61. The van der Waals surface area contributed by atoms with Crippen molar-refractivity contribution in [3.63, 3.8) is 0 Å². The van der Waals surface area contributed by atoms with Crippen LogP contribution in [0.2, 0.25) is 0 Å². The van der Waals surface area contributed by atoms with E-state index < -0.39 is 9.05 Å². The molecule has 0 radical (unpaired) electrons. The van der Waals surface area contributed by atoms with E-state index in [9.17, 15) is 8.42 Å². The lowest BCUT2D eigenvalue weighted by Gasteiger charge is -2.27. The molecule has 1 aromatic carbocycles. The molecule has 0 aromatic heterocycles. The van der Waals surface area contributed by atoms with Gasteiger partial charge in [-0.25, -0.2) is 8.42 Å². The van der Waals surface area contributed by atoms with E-state index in [-0.39, 0.29) is 17.8 Å². The summed E-state index contributed by atoms with van der Waals surface area (Å²) in [5.41, 5.74) is 2.61.